The van der Waals surface area contributed by atoms with Gasteiger partial charge in [0.05, 0.1) is 6.54 Å². The maximum absolute atomic E-state index is 5.43. The van der Waals surface area contributed by atoms with Crippen molar-refractivity contribution in [3.8, 4) is 11.5 Å². The number of aryl methyl sites for hydroxylation is 1. The third kappa shape index (κ3) is 4.20. The molecule has 0 N–H and O–H groups in total. The van der Waals surface area contributed by atoms with Crippen molar-refractivity contribution in [1.82, 2.24) is 19.9 Å². The highest BCUT2D eigenvalue weighted by atomic mass is 32.1. The van der Waals surface area contributed by atoms with Crippen LogP contribution < -0.4 is 0 Å². The second-order valence-electron chi connectivity index (χ2n) is 6.81. The molecule has 5 nitrogen and oxygen atoms in total. The average molecular weight is 369 g/mol. The first-order valence-electron chi connectivity index (χ1n) is 9.13. The Morgan fingerprint density at radius 2 is 1.77 bits per heavy atom. The maximum Gasteiger partial charge on any atom is 0.257 e. The minimum Gasteiger partial charge on any atom is -0.334 e. The molecule has 0 unspecified atom stereocenters. The Labute approximate surface area is 158 Å². The first kappa shape index (κ1) is 17.4. The van der Waals surface area contributed by atoms with Gasteiger partial charge in [-0.3, -0.25) is 9.80 Å². The fraction of sp³-hybridized carbons (Fsp3) is 0.400. The molecular weight excluding hydrogens is 344 g/mol. The van der Waals surface area contributed by atoms with E-state index in [1.165, 1.54) is 16.9 Å². The smallest absolute Gasteiger partial charge is 0.257 e. The van der Waals surface area contributed by atoms with E-state index in [2.05, 4.69) is 38.3 Å². The zero-order valence-electron chi connectivity index (χ0n) is 15.1. The van der Waals surface area contributed by atoms with E-state index in [1.807, 2.05) is 41.7 Å². The predicted octanol–water partition coefficient (Wildman–Crippen LogP) is 3.81. The number of nitrogens with zero attached hydrogens (tertiary/aromatic N) is 4. The summed E-state index contributed by atoms with van der Waals surface area (Å²) in [4.78, 5) is 11.0. The molecular formula is C20H24N4OS. The molecule has 1 aromatic carbocycles. The monoisotopic (exact) mass is 368 g/mol. The van der Waals surface area contributed by atoms with Crippen LogP contribution in [-0.4, -0.2) is 46.1 Å². The lowest BCUT2D eigenvalue weighted by Gasteiger charge is -2.20. The van der Waals surface area contributed by atoms with Gasteiger partial charge in [0.25, 0.3) is 5.89 Å². The zero-order chi connectivity index (χ0) is 17.8. The normalized spacial score (nSPS) is 16.7. The van der Waals surface area contributed by atoms with Crippen LogP contribution in [0.3, 0.4) is 0 Å². The quantitative estimate of drug-likeness (QED) is 0.685. The van der Waals surface area contributed by atoms with Crippen LogP contribution in [0.4, 0.5) is 0 Å². The van der Waals surface area contributed by atoms with Crippen molar-refractivity contribution in [1.29, 1.82) is 0 Å². The lowest BCUT2D eigenvalue weighted by Crippen LogP contribution is -2.30. The second kappa shape index (κ2) is 8.12. The Balaban J connectivity index is 1.33. The van der Waals surface area contributed by atoms with E-state index in [9.17, 15) is 0 Å². The fourth-order valence-corrected chi connectivity index (χ4v) is 4.27. The van der Waals surface area contributed by atoms with E-state index >= 15 is 0 Å². The molecule has 2 aromatic heterocycles. The zero-order valence-corrected chi connectivity index (χ0v) is 15.9. The summed E-state index contributed by atoms with van der Waals surface area (Å²) in [6.07, 6.45) is 1.17. The van der Waals surface area contributed by atoms with Crippen LogP contribution in [0.25, 0.3) is 11.5 Å². The minimum absolute atomic E-state index is 0.602. The number of thiophene rings is 1. The maximum atomic E-state index is 5.43. The Kier molecular flexibility index (Phi) is 5.43. The van der Waals surface area contributed by atoms with Crippen LogP contribution in [0, 0.1) is 6.92 Å². The third-order valence-electron chi connectivity index (χ3n) is 4.87. The summed E-state index contributed by atoms with van der Waals surface area (Å²) in [6.45, 7) is 8.38. The number of aromatic nitrogens is 2. The Hall–Kier alpha value is -2.02. The highest BCUT2D eigenvalue weighted by Crippen LogP contribution is 2.20. The van der Waals surface area contributed by atoms with Gasteiger partial charge in [0, 0.05) is 30.1 Å². The van der Waals surface area contributed by atoms with Crippen LogP contribution in [0.2, 0.25) is 0 Å². The Morgan fingerprint density at radius 1 is 1.00 bits per heavy atom. The van der Waals surface area contributed by atoms with E-state index < -0.39 is 0 Å². The van der Waals surface area contributed by atoms with E-state index in [0.717, 1.165) is 50.7 Å². The molecule has 26 heavy (non-hydrogen) atoms. The van der Waals surface area contributed by atoms with Crippen molar-refractivity contribution < 1.29 is 4.52 Å². The summed E-state index contributed by atoms with van der Waals surface area (Å²) >= 11 is 1.87. The van der Waals surface area contributed by atoms with Crippen molar-refractivity contribution in [3.63, 3.8) is 0 Å². The Bertz CT molecular complexity index is 829. The largest absolute Gasteiger partial charge is 0.334 e. The summed E-state index contributed by atoms with van der Waals surface area (Å²) in [7, 11) is 0. The highest BCUT2D eigenvalue weighted by Gasteiger charge is 2.18. The third-order valence-corrected chi connectivity index (χ3v) is 5.88. The molecule has 0 amide bonds. The van der Waals surface area contributed by atoms with Crippen molar-refractivity contribution in [3.05, 3.63) is 58.0 Å². The molecule has 1 aliphatic rings. The van der Waals surface area contributed by atoms with E-state index in [0.29, 0.717) is 5.89 Å². The number of hydrogen-bond donors (Lipinski definition) is 0. The molecule has 136 valence electrons. The fourth-order valence-electron chi connectivity index (χ4n) is 3.33. The lowest BCUT2D eigenvalue weighted by atomic mass is 10.2. The van der Waals surface area contributed by atoms with Gasteiger partial charge in [-0.1, -0.05) is 23.4 Å². The number of benzene rings is 1. The summed E-state index contributed by atoms with van der Waals surface area (Å²) in [6, 6.07) is 12.2. The highest BCUT2D eigenvalue weighted by molar-refractivity contribution is 7.10. The molecule has 0 atom stereocenters. The topological polar surface area (TPSA) is 45.4 Å². The van der Waals surface area contributed by atoms with Gasteiger partial charge in [-0.2, -0.15) is 4.98 Å². The number of hydrogen-bond acceptors (Lipinski definition) is 6. The molecule has 1 saturated heterocycles. The van der Waals surface area contributed by atoms with Gasteiger partial charge in [0.2, 0.25) is 0 Å². The van der Waals surface area contributed by atoms with Gasteiger partial charge in [-0.05, 0) is 55.6 Å². The van der Waals surface area contributed by atoms with Gasteiger partial charge in [0.15, 0.2) is 5.82 Å². The summed E-state index contributed by atoms with van der Waals surface area (Å²) < 4.78 is 5.43. The predicted molar refractivity (Wildman–Crippen MR) is 104 cm³/mol. The van der Waals surface area contributed by atoms with Gasteiger partial charge in [-0.15, -0.1) is 11.3 Å². The number of rotatable bonds is 5. The minimum atomic E-state index is 0.602. The Morgan fingerprint density at radius 3 is 2.50 bits per heavy atom. The van der Waals surface area contributed by atoms with Crippen LogP contribution in [0.15, 0.2) is 46.3 Å². The van der Waals surface area contributed by atoms with Crippen molar-refractivity contribution in [2.75, 3.05) is 26.2 Å². The molecule has 6 heteroatoms. The molecule has 3 heterocycles. The van der Waals surface area contributed by atoms with Gasteiger partial charge in [-0.25, -0.2) is 0 Å². The molecule has 0 spiro atoms. The first-order chi connectivity index (χ1) is 12.8. The van der Waals surface area contributed by atoms with Crippen LogP contribution >= 0.6 is 11.3 Å². The van der Waals surface area contributed by atoms with E-state index in [-0.39, 0.29) is 0 Å². The van der Waals surface area contributed by atoms with Crippen LogP contribution in [-0.2, 0) is 13.1 Å². The van der Waals surface area contributed by atoms with E-state index in [4.69, 9.17) is 4.52 Å². The summed E-state index contributed by atoms with van der Waals surface area (Å²) in [5, 5.41) is 6.36. The SMILES string of the molecule is Cc1ccsc1CN1CCCN(Cc2noc(-c3ccccc3)n2)CC1. The summed E-state index contributed by atoms with van der Waals surface area (Å²) in [5.74, 6) is 1.37. The van der Waals surface area contributed by atoms with Crippen molar-refractivity contribution >= 4 is 11.3 Å². The average Bonchev–Trinajstić information content (AvgIpc) is 3.22. The lowest BCUT2D eigenvalue weighted by molar-refractivity contribution is 0.242. The molecule has 0 radical (unpaired) electrons. The van der Waals surface area contributed by atoms with Gasteiger partial charge >= 0.3 is 0 Å². The second-order valence-corrected chi connectivity index (χ2v) is 7.82. The van der Waals surface area contributed by atoms with Crippen molar-refractivity contribution in [2.45, 2.75) is 26.4 Å². The molecule has 0 aliphatic carbocycles. The van der Waals surface area contributed by atoms with Crippen LogP contribution in [0.5, 0.6) is 0 Å². The van der Waals surface area contributed by atoms with E-state index in [1.54, 1.807) is 0 Å². The summed E-state index contributed by atoms with van der Waals surface area (Å²) in [5.41, 5.74) is 2.39. The standard InChI is InChI=1S/C20H24N4OS/c1-16-8-13-26-18(16)14-23-9-5-10-24(12-11-23)15-19-21-20(25-22-19)17-6-3-2-4-7-17/h2-4,6-8,13H,5,9-12,14-15H2,1H3. The van der Waals surface area contributed by atoms with Crippen LogP contribution in [0.1, 0.15) is 22.7 Å². The molecule has 4 rings (SSSR count). The van der Waals surface area contributed by atoms with Crippen molar-refractivity contribution in [2.24, 2.45) is 0 Å². The van der Waals surface area contributed by atoms with Gasteiger partial charge in [0.1, 0.15) is 0 Å². The molecule has 1 aliphatic heterocycles. The first-order valence-corrected chi connectivity index (χ1v) is 10.0. The molecule has 1 fully saturated rings. The molecule has 0 bridgehead atoms. The molecule has 0 saturated carbocycles. The molecule has 3 aromatic rings. The van der Waals surface area contributed by atoms with Gasteiger partial charge < -0.3 is 4.52 Å².